The van der Waals surface area contributed by atoms with Crippen LogP contribution in [-0.2, 0) is 22.8 Å². The molecule has 0 spiro atoms. The van der Waals surface area contributed by atoms with Crippen LogP contribution in [0.3, 0.4) is 0 Å². The lowest BCUT2D eigenvalue weighted by Gasteiger charge is -2.43. The van der Waals surface area contributed by atoms with Crippen LogP contribution in [0.2, 0.25) is 0 Å². The smallest absolute Gasteiger partial charge is 0.376 e. The third-order valence-electron chi connectivity index (χ3n) is 4.68. The fraction of sp³-hybridized carbons (Fsp3) is 0.278. The predicted molar refractivity (Wildman–Crippen MR) is 86.9 cm³/mol. The number of nitrogens with zero attached hydrogens (tertiary/aromatic N) is 1. The number of alkyl halides is 3. The highest BCUT2D eigenvalue weighted by Gasteiger charge is 2.48. The van der Waals surface area contributed by atoms with E-state index in [0.29, 0.717) is 11.3 Å². The topological polar surface area (TPSA) is 66.6 Å². The van der Waals surface area contributed by atoms with Crippen molar-refractivity contribution >= 4 is 11.6 Å². The molecule has 0 saturated carbocycles. The van der Waals surface area contributed by atoms with Gasteiger partial charge in [-0.1, -0.05) is 36.4 Å². The first-order valence-corrected chi connectivity index (χ1v) is 7.70. The second kappa shape index (κ2) is 6.07. The maximum absolute atomic E-state index is 13.5. The highest BCUT2D eigenvalue weighted by molar-refractivity contribution is 5.90. The quantitative estimate of drug-likeness (QED) is 0.894. The van der Waals surface area contributed by atoms with Crippen LogP contribution in [0.4, 0.5) is 18.9 Å². The highest BCUT2D eigenvalue weighted by Crippen LogP contribution is 2.43. The molecule has 1 aliphatic heterocycles. The largest absolute Gasteiger partial charge is 0.416 e. The number of amides is 1. The van der Waals surface area contributed by atoms with E-state index >= 15 is 0 Å². The Morgan fingerprint density at radius 1 is 1.16 bits per heavy atom. The van der Waals surface area contributed by atoms with E-state index in [1.807, 2.05) is 0 Å². The van der Waals surface area contributed by atoms with Crippen molar-refractivity contribution in [2.75, 3.05) is 18.2 Å². The molecule has 0 aromatic heterocycles. The summed E-state index contributed by atoms with van der Waals surface area (Å²) in [6.07, 6.45) is -4.57. The van der Waals surface area contributed by atoms with Gasteiger partial charge in [0, 0.05) is 12.2 Å². The van der Waals surface area contributed by atoms with Crippen molar-refractivity contribution in [3.8, 4) is 0 Å². The minimum Gasteiger partial charge on any atom is -0.376 e. The Kier molecular flexibility index (Phi) is 4.20. The van der Waals surface area contributed by atoms with E-state index in [9.17, 15) is 23.1 Å². The molecule has 1 atom stereocenters. The summed E-state index contributed by atoms with van der Waals surface area (Å²) in [6.45, 7) is -0.552. The Morgan fingerprint density at radius 2 is 1.80 bits per heavy atom. The van der Waals surface area contributed by atoms with Crippen molar-refractivity contribution in [2.24, 2.45) is 5.73 Å². The van der Waals surface area contributed by atoms with Crippen LogP contribution < -0.4 is 10.6 Å². The lowest BCUT2D eigenvalue weighted by molar-refractivity contribution is -0.139. The monoisotopic (exact) mass is 350 g/mol. The molecular formula is C18H17F3N2O2. The molecule has 0 saturated heterocycles. The van der Waals surface area contributed by atoms with Gasteiger partial charge >= 0.3 is 6.18 Å². The molecule has 1 unspecified atom stereocenters. The SMILES string of the molecule is NC(=O)C1(c2ccccc2C(F)(F)F)Cc2ccccc2N(CO)C1. The first kappa shape index (κ1) is 17.3. The number of aliphatic hydroxyl groups excluding tert-OH is 1. The lowest BCUT2D eigenvalue weighted by atomic mass is 9.70. The minimum absolute atomic E-state index is 0.0437. The van der Waals surface area contributed by atoms with Gasteiger partial charge in [0.15, 0.2) is 0 Å². The van der Waals surface area contributed by atoms with Gasteiger partial charge in [-0.05, 0) is 29.7 Å². The van der Waals surface area contributed by atoms with Crippen molar-refractivity contribution < 1.29 is 23.1 Å². The van der Waals surface area contributed by atoms with Gasteiger partial charge in [-0.2, -0.15) is 13.2 Å². The van der Waals surface area contributed by atoms with Gasteiger partial charge in [0.25, 0.3) is 0 Å². The Hall–Kier alpha value is -2.54. The summed E-state index contributed by atoms with van der Waals surface area (Å²) in [6, 6.07) is 12.0. The summed E-state index contributed by atoms with van der Waals surface area (Å²) >= 11 is 0. The number of rotatable bonds is 3. The van der Waals surface area contributed by atoms with Gasteiger partial charge in [0.2, 0.25) is 5.91 Å². The molecule has 2 aromatic rings. The Balaban J connectivity index is 2.23. The standard InChI is InChI=1S/C18H17F3N2O2/c19-18(20,21)14-7-3-2-6-13(14)17(16(22)25)9-12-5-1-4-8-15(12)23(10-17)11-24/h1-8,24H,9-11H2,(H2,22,25). The number of hydrogen-bond donors (Lipinski definition) is 2. The molecule has 25 heavy (non-hydrogen) atoms. The summed E-state index contributed by atoms with van der Waals surface area (Å²) in [4.78, 5) is 13.8. The molecule has 0 bridgehead atoms. The first-order chi connectivity index (χ1) is 11.8. The molecule has 132 valence electrons. The number of aliphatic hydroxyl groups is 1. The molecule has 7 heteroatoms. The number of benzene rings is 2. The molecule has 0 aliphatic carbocycles. The van der Waals surface area contributed by atoms with Crippen LogP contribution in [0, 0.1) is 0 Å². The van der Waals surface area contributed by atoms with Crippen LogP contribution in [0.15, 0.2) is 48.5 Å². The first-order valence-electron chi connectivity index (χ1n) is 7.70. The average Bonchev–Trinajstić information content (AvgIpc) is 2.59. The van der Waals surface area contributed by atoms with Crippen LogP contribution in [-0.4, -0.2) is 24.3 Å². The van der Waals surface area contributed by atoms with Gasteiger partial charge in [0.05, 0.1) is 11.0 Å². The van der Waals surface area contributed by atoms with Gasteiger partial charge in [-0.15, -0.1) is 0 Å². The Morgan fingerprint density at radius 3 is 2.44 bits per heavy atom. The number of primary amides is 1. The maximum Gasteiger partial charge on any atom is 0.416 e. The number of hydrogen-bond acceptors (Lipinski definition) is 3. The number of carbonyl (C=O) groups is 1. The summed E-state index contributed by atoms with van der Waals surface area (Å²) in [7, 11) is 0. The summed E-state index contributed by atoms with van der Waals surface area (Å²) in [5.41, 5.74) is 4.33. The molecule has 1 heterocycles. The van der Waals surface area contributed by atoms with Crippen LogP contribution >= 0.6 is 0 Å². The normalized spacial score (nSPS) is 20.2. The van der Waals surface area contributed by atoms with Crippen LogP contribution in [0.1, 0.15) is 16.7 Å². The van der Waals surface area contributed by atoms with E-state index < -0.39 is 29.8 Å². The van der Waals surface area contributed by atoms with Crippen molar-refractivity contribution in [1.29, 1.82) is 0 Å². The summed E-state index contributed by atoms with van der Waals surface area (Å²) < 4.78 is 40.5. The lowest BCUT2D eigenvalue weighted by Crippen LogP contribution is -2.55. The molecule has 4 nitrogen and oxygen atoms in total. The average molecular weight is 350 g/mol. The van der Waals surface area contributed by atoms with E-state index in [-0.39, 0.29) is 18.5 Å². The predicted octanol–water partition coefficient (Wildman–Crippen LogP) is 2.44. The zero-order chi connectivity index (χ0) is 18.2. The molecule has 1 amide bonds. The van der Waals surface area contributed by atoms with Crippen molar-refractivity contribution in [3.63, 3.8) is 0 Å². The minimum atomic E-state index is -4.61. The van der Waals surface area contributed by atoms with E-state index in [1.165, 1.54) is 23.1 Å². The Labute approximate surface area is 142 Å². The Bertz CT molecular complexity index is 807. The third kappa shape index (κ3) is 2.84. The van der Waals surface area contributed by atoms with E-state index in [0.717, 1.165) is 6.07 Å². The fourth-order valence-corrected chi connectivity index (χ4v) is 3.51. The van der Waals surface area contributed by atoms with Gasteiger partial charge < -0.3 is 15.7 Å². The second-order valence-electron chi connectivity index (χ2n) is 6.13. The fourth-order valence-electron chi connectivity index (χ4n) is 3.51. The summed E-state index contributed by atoms with van der Waals surface area (Å²) in [5.74, 6) is -0.850. The second-order valence-corrected chi connectivity index (χ2v) is 6.13. The van der Waals surface area contributed by atoms with Gasteiger partial charge in [0.1, 0.15) is 6.73 Å². The zero-order valence-electron chi connectivity index (χ0n) is 13.3. The van der Waals surface area contributed by atoms with E-state index in [1.54, 1.807) is 24.3 Å². The van der Waals surface area contributed by atoms with E-state index in [4.69, 9.17) is 5.73 Å². The molecule has 3 N–H and O–H groups in total. The number of carbonyl (C=O) groups excluding carboxylic acids is 1. The number of anilines is 1. The van der Waals surface area contributed by atoms with E-state index in [2.05, 4.69) is 0 Å². The van der Waals surface area contributed by atoms with Crippen molar-refractivity contribution in [2.45, 2.75) is 18.0 Å². The number of nitrogens with two attached hydrogens (primary N) is 1. The van der Waals surface area contributed by atoms with Crippen molar-refractivity contribution in [3.05, 3.63) is 65.2 Å². The van der Waals surface area contributed by atoms with Crippen molar-refractivity contribution in [1.82, 2.24) is 0 Å². The maximum atomic E-state index is 13.5. The summed E-state index contributed by atoms with van der Waals surface area (Å²) in [5, 5.41) is 9.68. The molecule has 0 radical (unpaired) electrons. The highest BCUT2D eigenvalue weighted by atomic mass is 19.4. The molecule has 0 fully saturated rings. The third-order valence-corrected chi connectivity index (χ3v) is 4.68. The van der Waals surface area contributed by atoms with Crippen LogP contribution in [0.25, 0.3) is 0 Å². The van der Waals surface area contributed by atoms with Crippen LogP contribution in [0.5, 0.6) is 0 Å². The number of halogens is 3. The molecule has 2 aromatic carbocycles. The molecule has 3 rings (SSSR count). The molecular weight excluding hydrogens is 333 g/mol. The number of fused-ring (bicyclic) bond motifs is 1. The molecule has 1 aliphatic rings. The van der Waals surface area contributed by atoms with Gasteiger partial charge in [-0.3, -0.25) is 4.79 Å². The zero-order valence-corrected chi connectivity index (χ0v) is 13.3. The number of para-hydroxylation sites is 1. The van der Waals surface area contributed by atoms with Gasteiger partial charge in [-0.25, -0.2) is 0 Å².